The van der Waals surface area contributed by atoms with Crippen LogP contribution in [0.15, 0.2) is 53.6 Å². The number of sulfonamides is 1. The van der Waals surface area contributed by atoms with E-state index < -0.39 is 10.0 Å². The van der Waals surface area contributed by atoms with Crippen LogP contribution in [-0.2, 0) is 16.4 Å². The van der Waals surface area contributed by atoms with E-state index in [2.05, 4.69) is 4.98 Å². The van der Waals surface area contributed by atoms with Crippen LogP contribution in [0.5, 0.6) is 5.75 Å². The molecular formula is C15H18N2O3S. The van der Waals surface area contributed by atoms with Crippen LogP contribution < -0.4 is 4.74 Å². The van der Waals surface area contributed by atoms with E-state index in [4.69, 9.17) is 4.74 Å². The molecule has 0 aliphatic rings. The molecule has 21 heavy (non-hydrogen) atoms. The standard InChI is InChI=1S/C15H18N2O3S/c1-17(12-10-13-5-3-4-11-16-13)21(18,19)15-8-6-14(20-2)7-9-15/h3-9,11H,10,12H2,1-2H3. The number of benzene rings is 1. The van der Waals surface area contributed by atoms with E-state index in [0.29, 0.717) is 18.7 Å². The molecule has 0 spiro atoms. The maximum absolute atomic E-state index is 12.4. The van der Waals surface area contributed by atoms with Crippen molar-refractivity contribution in [2.45, 2.75) is 11.3 Å². The summed E-state index contributed by atoms with van der Waals surface area (Å²) in [7, 11) is -0.368. The first-order valence-electron chi connectivity index (χ1n) is 6.54. The molecule has 1 heterocycles. The van der Waals surface area contributed by atoms with E-state index in [1.165, 1.54) is 4.31 Å². The molecule has 112 valence electrons. The quantitative estimate of drug-likeness (QED) is 0.818. The number of methoxy groups -OCH3 is 1. The first-order chi connectivity index (χ1) is 10.0. The molecule has 0 radical (unpaired) electrons. The molecule has 0 aliphatic heterocycles. The summed E-state index contributed by atoms with van der Waals surface area (Å²) in [6.07, 6.45) is 2.28. The summed E-state index contributed by atoms with van der Waals surface area (Å²) in [5, 5.41) is 0. The predicted octanol–water partition coefficient (Wildman–Crippen LogP) is 1.95. The van der Waals surface area contributed by atoms with Gasteiger partial charge in [-0.05, 0) is 36.4 Å². The first kappa shape index (κ1) is 15.5. The Balaban J connectivity index is 2.07. The Morgan fingerprint density at radius 1 is 1.14 bits per heavy atom. The molecular weight excluding hydrogens is 288 g/mol. The largest absolute Gasteiger partial charge is 0.497 e. The van der Waals surface area contributed by atoms with Gasteiger partial charge in [0.1, 0.15) is 5.75 Å². The van der Waals surface area contributed by atoms with E-state index >= 15 is 0 Å². The van der Waals surface area contributed by atoms with Crippen LogP contribution in [-0.4, -0.2) is 38.4 Å². The van der Waals surface area contributed by atoms with Gasteiger partial charge in [0.05, 0.1) is 12.0 Å². The minimum atomic E-state index is -3.48. The van der Waals surface area contributed by atoms with E-state index in [9.17, 15) is 8.42 Å². The van der Waals surface area contributed by atoms with Crippen LogP contribution in [0.25, 0.3) is 0 Å². The molecule has 0 atom stereocenters. The van der Waals surface area contributed by atoms with Gasteiger partial charge in [0.2, 0.25) is 10.0 Å². The number of pyridine rings is 1. The zero-order valence-corrected chi connectivity index (χ0v) is 12.9. The van der Waals surface area contributed by atoms with Crippen molar-refractivity contribution < 1.29 is 13.2 Å². The second-order valence-corrected chi connectivity index (χ2v) is 6.62. The van der Waals surface area contributed by atoms with Crippen molar-refractivity contribution in [2.75, 3.05) is 20.7 Å². The number of ether oxygens (including phenoxy) is 1. The van der Waals surface area contributed by atoms with Gasteiger partial charge in [-0.3, -0.25) is 4.98 Å². The number of hydrogen-bond acceptors (Lipinski definition) is 4. The molecule has 2 rings (SSSR count). The lowest BCUT2D eigenvalue weighted by Crippen LogP contribution is -2.29. The number of nitrogens with zero attached hydrogens (tertiary/aromatic N) is 2. The molecule has 1 aromatic heterocycles. The average Bonchev–Trinajstić information content (AvgIpc) is 2.53. The maximum atomic E-state index is 12.4. The Bertz CT molecular complexity index is 670. The van der Waals surface area contributed by atoms with Crippen LogP contribution >= 0.6 is 0 Å². The molecule has 0 saturated heterocycles. The Hall–Kier alpha value is -1.92. The van der Waals surface area contributed by atoms with Gasteiger partial charge in [0, 0.05) is 31.9 Å². The minimum Gasteiger partial charge on any atom is -0.497 e. The normalized spacial score (nSPS) is 11.6. The fourth-order valence-corrected chi connectivity index (χ4v) is 3.04. The molecule has 0 saturated carbocycles. The summed E-state index contributed by atoms with van der Waals surface area (Å²) in [6.45, 7) is 0.380. The third kappa shape index (κ3) is 3.80. The third-order valence-electron chi connectivity index (χ3n) is 3.18. The molecule has 0 amide bonds. The average molecular weight is 306 g/mol. The van der Waals surface area contributed by atoms with Crippen LogP contribution in [0.1, 0.15) is 5.69 Å². The van der Waals surface area contributed by atoms with Crippen LogP contribution in [0.2, 0.25) is 0 Å². The highest BCUT2D eigenvalue weighted by molar-refractivity contribution is 7.89. The molecule has 0 fully saturated rings. The Kier molecular flexibility index (Phi) is 4.93. The van der Waals surface area contributed by atoms with E-state index in [1.807, 2.05) is 18.2 Å². The topological polar surface area (TPSA) is 59.5 Å². The molecule has 5 nitrogen and oxygen atoms in total. The van der Waals surface area contributed by atoms with Crippen molar-refractivity contribution in [1.29, 1.82) is 0 Å². The molecule has 2 aromatic rings. The lowest BCUT2D eigenvalue weighted by molar-refractivity contribution is 0.414. The summed E-state index contributed by atoms with van der Waals surface area (Å²) in [4.78, 5) is 4.45. The molecule has 0 bridgehead atoms. The fourth-order valence-electron chi connectivity index (χ4n) is 1.87. The van der Waals surface area contributed by atoms with Crippen molar-refractivity contribution in [3.63, 3.8) is 0 Å². The molecule has 0 N–H and O–H groups in total. The second-order valence-electron chi connectivity index (χ2n) is 4.57. The SMILES string of the molecule is COc1ccc(S(=O)(=O)N(C)CCc2ccccn2)cc1. The van der Waals surface area contributed by atoms with Crippen molar-refractivity contribution in [1.82, 2.24) is 9.29 Å². The third-order valence-corrected chi connectivity index (χ3v) is 5.05. The first-order valence-corrected chi connectivity index (χ1v) is 7.98. The van der Waals surface area contributed by atoms with Gasteiger partial charge in [0.25, 0.3) is 0 Å². The van der Waals surface area contributed by atoms with Gasteiger partial charge < -0.3 is 4.74 Å². The molecule has 1 aromatic carbocycles. The smallest absolute Gasteiger partial charge is 0.242 e. The lowest BCUT2D eigenvalue weighted by Gasteiger charge is -2.17. The van der Waals surface area contributed by atoms with Gasteiger partial charge in [-0.25, -0.2) is 12.7 Å². The second kappa shape index (κ2) is 6.69. The maximum Gasteiger partial charge on any atom is 0.242 e. The van der Waals surface area contributed by atoms with E-state index in [-0.39, 0.29) is 4.90 Å². The highest BCUT2D eigenvalue weighted by Gasteiger charge is 2.20. The number of likely N-dealkylation sites (N-methyl/N-ethyl adjacent to an activating group) is 1. The zero-order valence-electron chi connectivity index (χ0n) is 12.1. The number of hydrogen-bond donors (Lipinski definition) is 0. The Morgan fingerprint density at radius 3 is 2.43 bits per heavy atom. The van der Waals surface area contributed by atoms with Crippen molar-refractivity contribution in [3.05, 3.63) is 54.4 Å². The van der Waals surface area contributed by atoms with E-state index in [1.54, 1.807) is 44.6 Å². The summed E-state index contributed by atoms with van der Waals surface area (Å²) >= 11 is 0. The number of aromatic nitrogens is 1. The van der Waals surface area contributed by atoms with Gasteiger partial charge in [0.15, 0.2) is 0 Å². The van der Waals surface area contributed by atoms with Gasteiger partial charge in [-0.1, -0.05) is 6.07 Å². The van der Waals surface area contributed by atoms with E-state index in [0.717, 1.165) is 5.69 Å². The Morgan fingerprint density at radius 2 is 1.86 bits per heavy atom. The monoisotopic (exact) mass is 306 g/mol. The summed E-state index contributed by atoms with van der Waals surface area (Å²) in [6, 6.07) is 12.0. The van der Waals surface area contributed by atoms with Crippen molar-refractivity contribution in [2.24, 2.45) is 0 Å². The molecule has 0 unspecified atom stereocenters. The van der Waals surface area contributed by atoms with Crippen LogP contribution in [0, 0.1) is 0 Å². The highest BCUT2D eigenvalue weighted by Crippen LogP contribution is 2.18. The fraction of sp³-hybridized carbons (Fsp3) is 0.267. The van der Waals surface area contributed by atoms with Gasteiger partial charge in [-0.15, -0.1) is 0 Å². The van der Waals surface area contributed by atoms with Crippen molar-refractivity contribution >= 4 is 10.0 Å². The highest BCUT2D eigenvalue weighted by atomic mass is 32.2. The predicted molar refractivity (Wildman–Crippen MR) is 80.8 cm³/mol. The van der Waals surface area contributed by atoms with Gasteiger partial charge >= 0.3 is 0 Å². The zero-order chi connectivity index (χ0) is 15.3. The lowest BCUT2D eigenvalue weighted by atomic mass is 10.3. The number of rotatable bonds is 6. The van der Waals surface area contributed by atoms with Crippen molar-refractivity contribution in [3.8, 4) is 5.75 Å². The Labute approximate surface area is 125 Å². The van der Waals surface area contributed by atoms with Crippen LogP contribution in [0.3, 0.4) is 0 Å². The van der Waals surface area contributed by atoms with Gasteiger partial charge in [-0.2, -0.15) is 0 Å². The van der Waals surface area contributed by atoms with Crippen LogP contribution in [0.4, 0.5) is 0 Å². The summed E-state index contributed by atoms with van der Waals surface area (Å²) < 4.78 is 31.2. The minimum absolute atomic E-state index is 0.256. The summed E-state index contributed by atoms with van der Waals surface area (Å²) in [5.41, 5.74) is 0.870. The molecule has 0 aliphatic carbocycles. The summed E-state index contributed by atoms with van der Waals surface area (Å²) in [5.74, 6) is 0.630. The molecule has 6 heteroatoms.